The SMILES string of the molecule is CC1(C)c2ccccc2N(c2cc(N3c4ccccc4C(C)(C)c4ccccc43)c(-c3ccccn3)c(-c3ccccn3)c2-c2ccccn2)c2ccccc21. The molecule has 0 aliphatic carbocycles. The molecule has 270 valence electrons. The van der Waals surface area contributed by atoms with E-state index in [2.05, 4.69) is 177 Å². The highest BCUT2D eigenvalue weighted by atomic mass is 15.2. The van der Waals surface area contributed by atoms with Gasteiger partial charge >= 0.3 is 0 Å². The van der Waals surface area contributed by atoms with Crippen molar-refractivity contribution in [2.75, 3.05) is 9.80 Å². The molecule has 3 aromatic heterocycles. The van der Waals surface area contributed by atoms with Crippen LogP contribution in [-0.2, 0) is 10.8 Å². The molecule has 5 aromatic carbocycles. The summed E-state index contributed by atoms with van der Waals surface area (Å²) in [7, 11) is 0. The van der Waals surface area contributed by atoms with E-state index in [9.17, 15) is 0 Å². The lowest BCUT2D eigenvalue weighted by molar-refractivity contribution is 0.631. The lowest BCUT2D eigenvalue weighted by atomic mass is 9.73. The Morgan fingerprint density at radius 1 is 0.321 bits per heavy atom. The number of rotatable bonds is 5. The first-order valence-electron chi connectivity index (χ1n) is 19.3. The normalized spacial score (nSPS) is 14.6. The third-order valence-corrected chi connectivity index (χ3v) is 11.8. The van der Waals surface area contributed by atoms with Gasteiger partial charge in [-0.25, -0.2) is 0 Å². The van der Waals surface area contributed by atoms with Crippen LogP contribution in [0.3, 0.4) is 0 Å². The monoisotopic (exact) mass is 723 g/mol. The lowest BCUT2D eigenvalue weighted by Crippen LogP contribution is -2.32. The fourth-order valence-electron chi connectivity index (χ4n) is 9.17. The molecule has 0 bridgehead atoms. The van der Waals surface area contributed by atoms with Gasteiger partial charge in [0.1, 0.15) is 0 Å². The first-order chi connectivity index (χ1) is 27.4. The minimum Gasteiger partial charge on any atom is -0.309 e. The number of pyridine rings is 3. The van der Waals surface area contributed by atoms with E-state index in [0.29, 0.717) is 0 Å². The van der Waals surface area contributed by atoms with Crippen LogP contribution < -0.4 is 9.80 Å². The Kier molecular flexibility index (Phi) is 7.75. The van der Waals surface area contributed by atoms with Crippen molar-refractivity contribution in [2.24, 2.45) is 0 Å². The lowest BCUT2D eigenvalue weighted by Gasteiger charge is -2.45. The molecule has 5 heterocycles. The quantitative estimate of drug-likeness (QED) is 0.177. The van der Waals surface area contributed by atoms with Gasteiger partial charge in [-0.3, -0.25) is 15.0 Å². The molecule has 2 aliphatic rings. The number of nitrogens with zero attached hydrogens (tertiary/aromatic N) is 5. The van der Waals surface area contributed by atoms with E-state index < -0.39 is 0 Å². The number of hydrogen-bond acceptors (Lipinski definition) is 5. The summed E-state index contributed by atoms with van der Waals surface area (Å²) in [4.78, 5) is 20.3. The first kappa shape index (κ1) is 33.7. The Hall–Kier alpha value is -6.85. The van der Waals surface area contributed by atoms with Gasteiger partial charge < -0.3 is 9.80 Å². The van der Waals surface area contributed by atoms with Crippen molar-refractivity contribution < 1.29 is 0 Å². The number of benzene rings is 5. The van der Waals surface area contributed by atoms with E-state index in [4.69, 9.17) is 15.0 Å². The molecule has 2 aliphatic heterocycles. The minimum absolute atomic E-state index is 0.230. The summed E-state index contributed by atoms with van der Waals surface area (Å²) in [5.74, 6) is 0. The Morgan fingerprint density at radius 2 is 0.607 bits per heavy atom. The second-order valence-corrected chi connectivity index (χ2v) is 15.7. The van der Waals surface area contributed by atoms with Gasteiger partial charge in [0.2, 0.25) is 0 Å². The van der Waals surface area contributed by atoms with Crippen molar-refractivity contribution in [3.05, 3.63) is 199 Å². The van der Waals surface area contributed by atoms with Gasteiger partial charge in [-0.05, 0) is 89.0 Å². The maximum absolute atomic E-state index is 5.12. The highest BCUT2D eigenvalue weighted by Gasteiger charge is 2.41. The molecule has 10 rings (SSSR count). The molecule has 0 saturated carbocycles. The van der Waals surface area contributed by atoms with Gasteiger partial charge in [-0.1, -0.05) is 119 Å². The fraction of sp³-hybridized carbons (Fsp3) is 0.118. The molecule has 0 saturated heterocycles. The zero-order valence-electron chi connectivity index (χ0n) is 32.0. The molecule has 8 aromatic rings. The highest BCUT2D eigenvalue weighted by molar-refractivity contribution is 6.09. The van der Waals surface area contributed by atoms with E-state index in [-0.39, 0.29) is 10.8 Å². The van der Waals surface area contributed by atoms with Gasteiger partial charge in [0, 0.05) is 46.1 Å². The van der Waals surface area contributed by atoms with Crippen molar-refractivity contribution in [1.29, 1.82) is 0 Å². The second kappa shape index (κ2) is 12.9. The zero-order chi connectivity index (χ0) is 38.0. The van der Waals surface area contributed by atoms with Crippen molar-refractivity contribution in [2.45, 2.75) is 38.5 Å². The van der Waals surface area contributed by atoms with Crippen LogP contribution >= 0.6 is 0 Å². The molecule has 0 radical (unpaired) electrons. The summed E-state index contributed by atoms with van der Waals surface area (Å²) in [5.41, 5.74) is 16.6. The summed E-state index contributed by atoms with van der Waals surface area (Å²) in [6, 6.07) is 56.3. The van der Waals surface area contributed by atoms with Gasteiger partial charge in [0.05, 0.1) is 51.2 Å². The van der Waals surface area contributed by atoms with Crippen molar-refractivity contribution in [3.8, 4) is 33.8 Å². The van der Waals surface area contributed by atoms with Crippen molar-refractivity contribution in [1.82, 2.24) is 15.0 Å². The zero-order valence-corrected chi connectivity index (χ0v) is 32.0. The molecule has 0 unspecified atom stereocenters. The number of hydrogen-bond donors (Lipinski definition) is 0. The van der Waals surface area contributed by atoms with Crippen LogP contribution in [0.2, 0.25) is 0 Å². The van der Waals surface area contributed by atoms with Crippen LogP contribution in [0, 0.1) is 0 Å². The Balaban J connectivity index is 1.44. The molecule has 0 amide bonds. The van der Waals surface area contributed by atoms with Gasteiger partial charge in [-0.15, -0.1) is 0 Å². The predicted octanol–water partition coefficient (Wildman–Crippen LogP) is 13.1. The summed E-state index contributed by atoms with van der Waals surface area (Å²) in [6.07, 6.45) is 5.65. The summed E-state index contributed by atoms with van der Waals surface area (Å²) in [5, 5.41) is 0. The summed E-state index contributed by atoms with van der Waals surface area (Å²) >= 11 is 0. The maximum atomic E-state index is 5.12. The standard InChI is InChI=1S/C51H41N5/c1-50(2)34-19-5-9-26-41(34)55(42-27-10-6-20-35(42)50)45-33-46(56-43-28-11-7-21-36(43)51(3,4)37-22-8-12-29-44(37)56)48(39-24-14-17-31-53-39)49(40-25-15-18-32-54-40)47(45)38-23-13-16-30-52-38/h5-33H,1-4H3. The molecule has 0 spiro atoms. The van der Waals surface area contributed by atoms with Gasteiger partial charge in [0.25, 0.3) is 0 Å². The second-order valence-electron chi connectivity index (χ2n) is 15.7. The van der Waals surface area contributed by atoms with E-state index in [1.165, 1.54) is 22.3 Å². The Bertz CT molecular complexity index is 2490. The predicted molar refractivity (Wildman–Crippen MR) is 230 cm³/mol. The summed E-state index contributed by atoms with van der Waals surface area (Å²) in [6.45, 7) is 9.33. The van der Waals surface area contributed by atoms with Crippen LogP contribution in [0.4, 0.5) is 34.1 Å². The van der Waals surface area contributed by atoms with Crippen molar-refractivity contribution in [3.63, 3.8) is 0 Å². The summed E-state index contributed by atoms with van der Waals surface area (Å²) < 4.78 is 0. The topological polar surface area (TPSA) is 45.2 Å². The highest BCUT2D eigenvalue weighted by Crippen LogP contribution is 2.60. The number of para-hydroxylation sites is 4. The smallest absolute Gasteiger partial charge is 0.0730 e. The average molecular weight is 724 g/mol. The number of aromatic nitrogens is 3. The molecule has 0 fully saturated rings. The average Bonchev–Trinajstić information content (AvgIpc) is 3.25. The fourth-order valence-corrected chi connectivity index (χ4v) is 9.17. The van der Waals surface area contributed by atoms with Gasteiger partial charge in [-0.2, -0.15) is 0 Å². The van der Waals surface area contributed by atoms with Crippen LogP contribution in [0.1, 0.15) is 49.9 Å². The van der Waals surface area contributed by atoms with Crippen LogP contribution in [0.15, 0.2) is 176 Å². The molecule has 56 heavy (non-hydrogen) atoms. The van der Waals surface area contributed by atoms with Crippen LogP contribution in [-0.4, -0.2) is 15.0 Å². The minimum atomic E-state index is -0.230. The van der Waals surface area contributed by atoms with E-state index in [1.54, 1.807) is 0 Å². The number of fused-ring (bicyclic) bond motifs is 4. The van der Waals surface area contributed by atoms with Crippen molar-refractivity contribution >= 4 is 34.1 Å². The Labute approximate surface area is 328 Å². The van der Waals surface area contributed by atoms with E-state index in [0.717, 1.165) is 67.9 Å². The first-order valence-corrected chi connectivity index (χ1v) is 19.3. The molecule has 5 nitrogen and oxygen atoms in total. The number of anilines is 6. The molecule has 0 N–H and O–H groups in total. The van der Waals surface area contributed by atoms with E-state index >= 15 is 0 Å². The van der Waals surface area contributed by atoms with Crippen LogP contribution in [0.5, 0.6) is 0 Å². The van der Waals surface area contributed by atoms with Crippen LogP contribution in [0.25, 0.3) is 33.8 Å². The largest absolute Gasteiger partial charge is 0.309 e. The third-order valence-electron chi connectivity index (χ3n) is 11.8. The molecule has 5 heteroatoms. The molecular formula is C51H41N5. The molecule has 0 atom stereocenters. The maximum Gasteiger partial charge on any atom is 0.0730 e. The van der Waals surface area contributed by atoms with Gasteiger partial charge in [0.15, 0.2) is 0 Å². The molecular weight excluding hydrogens is 683 g/mol. The van der Waals surface area contributed by atoms with E-state index in [1.807, 2.05) is 36.8 Å². The third kappa shape index (κ3) is 5.04. The Morgan fingerprint density at radius 3 is 0.911 bits per heavy atom.